The van der Waals surface area contributed by atoms with E-state index >= 15 is 0 Å². The summed E-state index contributed by atoms with van der Waals surface area (Å²) in [6.45, 7) is 1.40. The number of primary amides is 1. The summed E-state index contributed by atoms with van der Waals surface area (Å²) >= 11 is 0. The molecule has 3 aliphatic carbocycles. The van der Waals surface area contributed by atoms with Crippen molar-refractivity contribution in [1.82, 2.24) is 4.90 Å². The molecular weight excluding hydrogens is 554 g/mol. The molecule has 1 aromatic carbocycles. The molecule has 0 aliphatic heterocycles. The fourth-order valence-corrected chi connectivity index (χ4v) is 5.50. The van der Waals surface area contributed by atoms with Crippen LogP contribution in [0.25, 0.3) is 5.76 Å². The van der Waals surface area contributed by atoms with Crippen LogP contribution in [0, 0.1) is 11.8 Å². The molecule has 16 heteroatoms. The van der Waals surface area contributed by atoms with Gasteiger partial charge in [-0.2, -0.15) is 0 Å². The van der Waals surface area contributed by atoms with E-state index in [9.17, 15) is 39.9 Å². The average molecular weight is 583 g/mol. The largest absolute Gasteiger partial charge is 1.00 e. The molecule has 14 nitrogen and oxygen atoms in total. The van der Waals surface area contributed by atoms with Gasteiger partial charge < -0.3 is 47.4 Å². The first kappa shape index (κ1) is 32.7. The summed E-state index contributed by atoms with van der Waals surface area (Å²) in [5.41, 5.74) is -0.548. The maximum atomic E-state index is 13.7. The van der Waals surface area contributed by atoms with Crippen LogP contribution in [0.15, 0.2) is 35.1 Å². The zero-order valence-electron chi connectivity index (χ0n) is 21.9. The smallest absolute Gasteiger partial charge is 1.00 e. The van der Waals surface area contributed by atoms with Crippen molar-refractivity contribution >= 4 is 31.1 Å². The molecule has 1 fully saturated rings. The summed E-state index contributed by atoms with van der Waals surface area (Å²) in [7, 11) is -1.63. The van der Waals surface area contributed by atoms with E-state index < -0.39 is 82.8 Å². The van der Waals surface area contributed by atoms with E-state index in [0.717, 1.165) is 0 Å². The van der Waals surface area contributed by atoms with Crippen LogP contribution in [0.1, 0.15) is 25.9 Å². The molecule has 0 aromatic heterocycles. The summed E-state index contributed by atoms with van der Waals surface area (Å²) in [5.74, 6) is -7.90. The summed E-state index contributed by atoms with van der Waals surface area (Å²) in [5, 5.41) is 54.9. The summed E-state index contributed by atoms with van der Waals surface area (Å²) in [6.07, 6.45) is -0.200. The molecule has 0 heterocycles. The molecular formula is C22H28KN2O12P. The number of ketones is 2. The van der Waals surface area contributed by atoms with Gasteiger partial charge in [0.1, 0.15) is 22.8 Å². The number of hydrogen-bond acceptors (Lipinski definition) is 10. The Labute approximate surface area is 260 Å². The summed E-state index contributed by atoms with van der Waals surface area (Å²) in [6, 6.07) is 3.02. The number of phenolic OH excluding ortho intramolecular Hbond substituents is 1. The van der Waals surface area contributed by atoms with E-state index in [1.165, 1.54) is 44.1 Å². The van der Waals surface area contributed by atoms with Gasteiger partial charge in [-0.3, -0.25) is 19.3 Å². The van der Waals surface area contributed by atoms with E-state index in [2.05, 4.69) is 0 Å². The minimum Gasteiger partial charge on any atom is -1.00 e. The predicted molar refractivity (Wildman–Crippen MR) is 125 cm³/mol. The predicted octanol–water partition coefficient (Wildman–Crippen LogP) is -4.18. The zero-order valence-corrected chi connectivity index (χ0v) is 24.9. The van der Waals surface area contributed by atoms with Gasteiger partial charge in [0.2, 0.25) is 5.78 Å². The molecule has 0 unspecified atom stereocenters. The van der Waals surface area contributed by atoms with Gasteiger partial charge in [0.05, 0.1) is 17.2 Å². The minimum atomic E-state index is -4.64. The number of carbonyl (C=O) groups is 3. The number of amides is 1. The van der Waals surface area contributed by atoms with Crippen LogP contribution in [0.3, 0.4) is 0 Å². The number of benzene rings is 1. The number of phosphoric acid groups is 1. The number of aromatic hydroxyl groups is 1. The van der Waals surface area contributed by atoms with Crippen LogP contribution in [-0.2, 0) is 24.5 Å². The maximum Gasteiger partial charge on any atom is 1.00 e. The van der Waals surface area contributed by atoms with Gasteiger partial charge >= 0.3 is 59.2 Å². The number of nitrogens with two attached hydrogens (primary N) is 1. The van der Waals surface area contributed by atoms with E-state index in [1.807, 2.05) is 0 Å². The third-order valence-electron chi connectivity index (χ3n) is 7.02. The first-order valence-corrected chi connectivity index (χ1v) is 12.3. The molecule has 4 rings (SSSR count). The Hall–Kier alpha value is -1.46. The van der Waals surface area contributed by atoms with Crippen molar-refractivity contribution in [2.75, 3.05) is 14.1 Å². The standard InChI is InChI=1S/C22H24N2O8.K.H3O4P.H/c1-21(31)8-5-4-6-11(25)12(8)16(26)13-9(21)7-10-15(24(2)3)17(27)14(20(23)30)19(29)22(10,32)18(13)28;;1-5(2,3)4;/h4-6,9-10,15,25-26,29,31-32H,7H2,1-3H3,(H2,23,30);;(H3,1,2,3,4);/q;+1;;-1/t9-,10-,15-,21+,22-;;;/m0.../s1. The molecule has 0 bridgehead atoms. The number of carbonyl (C=O) groups excluding carboxylic acids is 3. The van der Waals surface area contributed by atoms with Gasteiger partial charge in [-0.1, -0.05) is 12.1 Å². The Kier molecular flexibility index (Phi) is 9.34. The van der Waals surface area contributed by atoms with Gasteiger partial charge in [0, 0.05) is 17.4 Å². The second-order valence-electron chi connectivity index (χ2n) is 9.47. The Morgan fingerprint density at radius 3 is 2.13 bits per heavy atom. The summed E-state index contributed by atoms with van der Waals surface area (Å²) in [4.78, 5) is 61.6. The van der Waals surface area contributed by atoms with E-state index in [1.54, 1.807) is 0 Å². The molecule has 5 atom stereocenters. The molecule has 3 aliphatic rings. The second-order valence-corrected chi connectivity index (χ2v) is 10.5. The van der Waals surface area contributed by atoms with E-state index in [-0.39, 0.29) is 70.4 Å². The van der Waals surface area contributed by atoms with Crippen molar-refractivity contribution in [1.29, 1.82) is 0 Å². The van der Waals surface area contributed by atoms with Crippen LogP contribution in [-0.4, -0.2) is 88.3 Å². The van der Waals surface area contributed by atoms with Crippen molar-refractivity contribution < 1.29 is 112 Å². The normalized spacial score (nSPS) is 30.5. The molecule has 38 heavy (non-hydrogen) atoms. The third kappa shape index (κ3) is 5.19. The first-order chi connectivity index (χ1) is 16.8. The van der Waals surface area contributed by atoms with Crippen LogP contribution in [0.2, 0.25) is 0 Å². The molecule has 0 radical (unpaired) electrons. The van der Waals surface area contributed by atoms with Crippen molar-refractivity contribution in [2.24, 2.45) is 17.6 Å². The number of aliphatic hydroxyl groups excluding tert-OH is 2. The molecule has 0 spiro atoms. The number of rotatable bonds is 2. The fraction of sp³-hybridized carbons (Fsp3) is 0.409. The number of likely N-dealkylation sites (N-methyl/N-ethyl adjacent to an activating group) is 1. The fourth-order valence-electron chi connectivity index (χ4n) is 5.50. The van der Waals surface area contributed by atoms with E-state index in [0.29, 0.717) is 0 Å². The van der Waals surface area contributed by atoms with Gasteiger partial charge in [-0.25, -0.2) is 4.57 Å². The van der Waals surface area contributed by atoms with Crippen molar-refractivity contribution in [3.8, 4) is 5.75 Å². The van der Waals surface area contributed by atoms with Gasteiger partial charge in [-0.15, -0.1) is 0 Å². The third-order valence-corrected chi connectivity index (χ3v) is 7.02. The molecule has 1 amide bonds. The number of aliphatic hydroxyl groups is 4. The Bertz CT molecular complexity index is 1320. The summed E-state index contributed by atoms with van der Waals surface area (Å²) < 4.78 is 8.88. The van der Waals surface area contributed by atoms with Crippen LogP contribution in [0.4, 0.5) is 0 Å². The van der Waals surface area contributed by atoms with Crippen LogP contribution in [0.5, 0.6) is 5.75 Å². The molecule has 1 saturated carbocycles. The van der Waals surface area contributed by atoms with Gasteiger partial charge in [0.15, 0.2) is 11.4 Å². The topological polar surface area (TPSA) is 259 Å². The average Bonchev–Trinajstić information content (AvgIpc) is 2.73. The Morgan fingerprint density at radius 2 is 1.66 bits per heavy atom. The maximum absolute atomic E-state index is 13.7. The van der Waals surface area contributed by atoms with Crippen molar-refractivity contribution in [3.63, 3.8) is 0 Å². The quantitative estimate of drug-likeness (QED) is 0.0912. The molecule has 10 N–H and O–H groups in total. The molecule has 1 aromatic rings. The van der Waals surface area contributed by atoms with E-state index in [4.69, 9.17) is 25.0 Å². The van der Waals surface area contributed by atoms with Crippen LogP contribution < -0.4 is 57.1 Å². The zero-order chi connectivity index (χ0) is 28.4. The monoisotopic (exact) mass is 582 g/mol. The molecule has 0 saturated heterocycles. The van der Waals surface area contributed by atoms with Crippen molar-refractivity contribution in [2.45, 2.75) is 30.6 Å². The SMILES string of the molecule is CN(C)[C@@H]1C(=O)C(C(N)=O)=C(O)[C@@]2(O)C(=O)C3=C(O)c4c(O)cccc4[C@@](C)(O)[C@H]3C[C@@H]12.O=P(O)(O)O.[H-].[K+]. The first-order valence-electron chi connectivity index (χ1n) is 10.8. The van der Waals surface area contributed by atoms with Gasteiger partial charge in [-0.05, 0) is 39.1 Å². The number of Topliss-reactive ketones (excluding diaryl/α,β-unsaturated/α-hetero) is 2. The van der Waals surface area contributed by atoms with Gasteiger partial charge in [0.25, 0.3) is 5.91 Å². The van der Waals surface area contributed by atoms with Crippen LogP contribution >= 0.6 is 7.82 Å². The minimum absolute atomic E-state index is 0. The second kappa shape index (κ2) is 10.8. The molecule has 204 valence electrons. The number of phenols is 1. The number of nitrogens with zero attached hydrogens (tertiary/aromatic N) is 1. The Morgan fingerprint density at radius 1 is 1.13 bits per heavy atom. The number of hydrogen-bond donors (Lipinski definition) is 9. The Balaban J connectivity index is 0.000000998. The number of fused-ring (bicyclic) bond motifs is 3. The van der Waals surface area contributed by atoms with Crippen molar-refractivity contribution in [3.05, 3.63) is 46.2 Å².